The van der Waals surface area contributed by atoms with Gasteiger partial charge in [-0.3, -0.25) is 4.79 Å². The van der Waals surface area contributed by atoms with E-state index in [0.29, 0.717) is 17.6 Å². The van der Waals surface area contributed by atoms with Crippen LogP contribution in [0.15, 0.2) is 28.2 Å². The Labute approximate surface area is 173 Å². The number of hydrogen-bond acceptors (Lipinski definition) is 5. The molecule has 1 saturated heterocycles. The monoisotopic (exact) mass is 456 g/mol. The van der Waals surface area contributed by atoms with Crippen LogP contribution in [0.25, 0.3) is 6.08 Å². The SMILES string of the molecule is CCCCC(CC)C(=O)OCC1(CO)C/C(=C\c2ccc(F)c(Br)c2)C(=O)O1. The molecule has 1 heterocycles. The summed E-state index contributed by atoms with van der Waals surface area (Å²) in [5.41, 5.74) is -0.322. The second-order valence-corrected chi connectivity index (χ2v) is 7.96. The summed E-state index contributed by atoms with van der Waals surface area (Å²) in [6.07, 6.45) is 5.05. The Bertz CT molecular complexity index is 748. The maximum Gasteiger partial charge on any atom is 0.334 e. The average molecular weight is 457 g/mol. The van der Waals surface area contributed by atoms with Crippen molar-refractivity contribution in [2.45, 2.75) is 51.6 Å². The molecule has 28 heavy (non-hydrogen) atoms. The third-order valence-electron chi connectivity index (χ3n) is 4.87. The predicted octanol–water partition coefficient (Wildman–Crippen LogP) is 4.41. The average Bonchev–Trinajstić information content (AvgIpc) is 3.00. The van der Waals surface area contributed by atoms with Crippen molar-refractivity contribution >= 4 is 33.9 Å². The van der Waals surface area contributed by atoms with Gasteiger partial charge in [0.25, 0.3) is 0 Å². The number of hydrogen-bond donors (Lipinski definition) is 1. The van der Waals surface area contributed by atoms with Crippen molar-refractivity contribution in [2.75, 3.05) is 13.2 Å². The number of carbonyl (C=O) groups excluding carboxylic acids is 2. The van der Waals surface area contributed by atoms with E-state index in [1.807, 2.05) is 6.92 Å². The van der Waals surface area contributed by atoms with Crippen molar-refractivity contribution in [3.8, 4) is 0 Å². The molecule has 0 radical (unpaired) electrons. The summed E-state index contributed by atoms with van der Waals surface area (Å²) in [4.78, 5) is 24.6. The van der Waals surface area contributed by atoms with Crippen molar-refractivity contribution in [1.82, 2.24) is 0 Å². The molecule has 2 atom stereocenters. The van der Waals surface area contributed by atoms with E-state index in [0.717, 1.165) is 19.3 Å². The minimum Gasteiger partial charge on any atom is -0.461 e. The second kappa shape index (κ2) is 10.2. The van der Waals surface area contributed by atoms with Crippen molar-refractivity contribution < 1.29 is 28.6 Å². The van der Waals surface area contributed by atoms with Gasteiger partial charge >= 0.3 is 11.9 Å². The molecular weight excluding hydrogens is 431 g/mol. The number of ether oxygens (including phenoxy) is 2. The fraction of sp³-hybridized carbons (Fsp3) is 0.524. The molecule has 1 aromatic rings. The van der Waals surface area contributed by atoms with Gasteiger partial charge in [0.05, 0.1) is 17.0 Å². The summed E-state index contributed by atoms with van der Waals surface area (Å²) in [7, 11) is 0. The zero-order valence-electron chi connectivity index (χ0n) is 16.2. The number of rotatable bonds is 9. The highest BCUT2D eigenvalue weighted by molar-refractivity contribution is 9.10. The van der Waals surface area contributed by atoms with Crippen molar-refractivity contribution in [3.63, 3.8) is 0 Å². The van der Waals surface area contributed by atoms with Crippen molar-refractivity contribution in [1.29, 1.82) is 0 Å². The topological polar surface area (TPSA) is 72.8 Å². The van der Waals surface area contributed by atoms with Gasteiger partial charge in [0.1, 0.15) is 12.4 Å². The molecule has 0 aliphatic carbocycles. The molecule has 1 aliphatic heterocycles. The molecule has 5 nitrogen and oxygen atoms in total. The molecule has 1 aromatic carbocycles. The molecule has 0 amide bonds. The highest BCUT2D eigenvalue weighted by atomic mass is 79.9. The first-order valence-corrected chi connectivity index (χ1v) is 10.3. The molecular formula is C21H26BrFO5. The summed E-state index contributed by atoms with van der Waals surface area (Å²) in [5.74, 6) is -1.51. The van der Waals surface area contributed by atoms with Crippen LogP contribution in [0.1, 0.15) is 51.5 Å². The lowest BCUT2D eigenvalue weighted by molar-refractivity contribution is -0.169. The fourth-order valence-electron chi connectivity index (χ4n) is 3.10. The number of unbranched alkanes of at least 4 members (excludes halogenated alkanes) is 1. The van der Waals surface area contributed by atoms with Crippen LogP contribution in [0.5, 0.6) is 0 Å². The number of cyclic esters (lactones) is 1. The zero-order chi connectivity index (χ0) is 20.7. The largest absolute Gasteiger partial charge is 0.461 e. The molecule has 1 aliphatic rings. The van der Waals surface area contributed by atoms with E-state index in [2.05, 4.69) is 22.9 Å². The van der Waals surface area contributed by atoms with Gasteiger partial charge in [-0.1, -0.05) is 32.8 Å². The van der Waals surface area contributed by atoms with E-state index >= 15 is 0 Å². The normalized spacial score (nSPS) is 21.6. The predicted molar refractivity (Wildman–Crippen MR) is 107 cm³/mol. The molecule has 0 saturated carbocycles. The quantitative estimate of drug-likeness (QED) is 0.440. The minimum atomic E-state index is -1.28. The lowest BCUT2D eigenvalue weighted by Gasteiger charge is -2.25. The van der Waals surface area contributed by atoms with Crippen LogP contribution < -0.4 is 0 Å². The van der Waals surface area contributed by atoms with E-state index in [1.54, 1.807) is 18.2 Å². The van der Waals surface area contributed by atoms with Gasteiger partial charge in [0.2, 0.25) is 0 Å². The first kappa shape index (κ1) is 22.6. The molecule has 0 bridgehead atoms. The maximum atomic E-state index is 13.4. The van der Waals surface area contributed by atoms with Gasteiger partial charge < -0.3 is 14.6 Å². The first-order valence-electron chi connectivity index (χ1n) is 9.50. The van der Waals surface area contributed by atoms with Gasteiger partial charge in [-0.05, 0) is 52.5 Å². The van der Waals surface area contributed by atoms with Crippen LogP contribution >= 0.6 is 15.9 Å². The Morgan fingerprint density at radius 2 is 2.21 bits per heavy atom. The maximum absolute atomic E-state index is 13.4. The van der Waals surface area contributed by atoms with Crippen LogP contribution in [0.3, 0.4) is 0 Å². The molecule has 1 fully saturated rings. The summed E-state index contributed by atoms with van der Waals surface area (Å²) < 4.78 is 24.4. The van der Waals surface area contributed by atoms with E-state index in [9.17, 15) is 19.1 Å². The first-order chi connectivity index (χ1) is 13.3. The lowest BCUT2D eigenvalue weighted by Crippen LogP contribution is -2.40. The van der Waals surface area contributed by atoms with E-state index in [-0.39, 0.29) is 29.4 Å². The van der Waals surface area contributed by atoms with Gasteiger partial charge in [-0.25, -0.2) is 9.18 Å². The third-order valence-corrected chi connectivity index (χ3v) is 5.47. The zero-order valence-corrected chi connectivity index (χ0v) is 17.8. The number of esters is 2. The van der Waals surface area contributed by atoms with Crippen molar-refractivity contribution in [3.05, 3.63) is 39.6 Å². The molecule has 2 unspecified atom stereocenters. The highest BCUT2D eigenvalue weighted by Gasteiger charge is 2.44. The minimum absolute atomic E-state index is 0.108. The molecule has 154 valence electrons. The van der Waals surface area contributed by atoms with Crippen LogP contribution in [0.4, 0.5) is 4.39 Å². The standard InChI is InChI=1S/C21H26BrFO5/c1-3-5-6-15(4-2)19(25)27-13-21(12-24)11-16(20(26)28-21)9-14-7-8-18(23)17(22)10-14/h7-10,15,24H,3-6,11-13H2,1-2H3/b16-9+. The van der Waals surface area contributed by atoms with Gasteiger partial charge in [0.15, 0.2) is 5.60 Å². The van der Waals surface area contributed by atoms with Crippen LogP contribution in [-0.2, 0) is 19.1 Å². The van der Waals surface area contributed by atoms with Crippen LogP contribution in [-0.4, -0.2) is 35.9 Å². The van der Waals surface area contributed by atoms with E-state index in [4.69, 9.17) is 9.47 Å². The molecule has 2 rings (SSSR count). The molecule has 0 spiro atoms. The van der Waals surface area contributed by atoms with E-state index < -0.39 is 24.0 Å². The summed E-state index contributed by atoms with van der Waals surface area (Å²) in [6.45, 7) is 3.34. The Kier molecular flexibility index (Phi) is 8.19. The summed E-state index contributed by atoms with van der Waals surface area (Å²) in [6, 6.07) is 4.38. The Morgan fingerprint density at radius 3 is 2.82 bits per heavy atom. The third kappa shape index (κ3) is 5.64. The number of aliphatic hydroxyl groups is 1. The van der Waals surface area contributed by atoms with Crippen molar-refractivity contribution in [2.24, 2.45) is 5.92 Å². The van der Waals surface area contributed by atoms with Gasteiger partial charge in [-0.2, -0.15) is 0 Å². The summed E-state index contributed by atoms with van der Waals surface area (Å²) in [5, 5.41) is 9.80. The Hall–Kier alpha value is -1.73. The van der Waals surface area contributed by atoms with Crippen LogP contribution in [0.2, 0.25) is 0 Å². The molecule has 0 aromatic heterocycles. The van der Waals surface area contributed by atoms with E-state index in [1.165, 1.54) is 6.07 Å². The lowest BCUT2D eigenvalue weighted by atomic mass is 9.97. The Morgan fingerprint density at radius 1 is 1.46 bits per heavy atom. The number of carbonyl (C=O) groups is 2. The molecule has 1 N–H and O–H groups in total. The Balaban J connectivity index is 2.07. The fourth-order valence-corrected chi connectivity index (χ4v) is 3.50. The van der Waals surface area contributed by atoms with Gasteiger partial charge in [0, 0.05) is 12.0 Å². The summed E-state index contributed by atoms with van der Waals surface area (Å²) >= 11 is 3.11. The smallest absolute Gasteiger partial charge is 0.334 e. The number of benzene rings is 1. The molecule has 7 heteroatoms. The van der Waals surface area contributed by atoms with Crippen LogP contribution in [0, 0.1) is 11.7 Å². The second-order valence-electron chi connectivity index (χ2n) is 7.11. The van der Waals surface area contributed by atoms with Gasteiger partial charge in [-0.15, -0.1) is 0 Å². The highest BCUT2D eigenvalue weighted by Crippen LogP contribution is 2.33. The number of aliphatic hydroxyl groups excluding tert-OH is 1. The number of halogens is 2.